The third-order valence-corrected chi connectivity index (χ3v) is 3.91. The van der Waals surface area contributed by atoms with Crippen LogP contribution in [0, 0.1) is 0 Å². The van der Waals surface area contributed by atoms with E-state index in [9.17, 15) is 18.0 Å². The maximum absolute atomic E-state index is 12.4. The highest BCUT2D eigenvalue weighted by atomic mass is 32.2. The molecular formula is C7H11F3O2S2. The van der Waals surface area contributed by atoms with E-state index in [0.717, 1.165) is 30.4 Å². The van der Waals surface area contributed by atoms with Crippen LogP contribution in [0.25, 0.3) is 0 Å². The van der Waals surface area contributed by atoms with Crippen LogP contribution in [0.4, 0.5) is 13.2 Å². The summed E-state index contributed by atoms with van der Waals surface area (Å²) in [5.74, 6) is -0.916. The van der Waals surface area contributed by atoms with Gasteiger partial charge in [-0.15, -0.1) is 23.5 Å². The van der Waals surface area contributed by atoms with Gasteiger partial charge in [-0.1, -0.05) is 0 Å². The molecule has 0 spiro atoms. The van der Waals surface area contributed by atoms with E-state index in [4.69, 9.17) is 0 Å². The number of alkyl halides is 3. The second-order valence-corrected chi connectivity index (χ2v) is 4.67. The van der Waals surface area contributed by atoms with Gasteiger partial charge in [0.05, 0.1) is 4.58 Å². The summed E-state index contributed by atoms with van der Waals surface area (Å²) in [6, 6.07) is 0. The van der Waals surface area contributed by atoms with Crippen molar-refractivity contribution in [3.05, 3.63) is 0 Å². The van der Waals surface area contributed by atoms with E-state index in [1.165, 1.54) is 0 Å². The number of thioether (sulfide) groups is 2. The molecule has 0 saturated carbocycles. The Morgan fingerprint density at radius 3 is 1.93 bits per heavy atom. The highest BCUT2D eigenvalue weighted by Gasteiger charge is 2.47. The molecule has 0 aliphatic heterocycles. The lowest BCUT2D eigenvalue weighted by Gasteiger charge is -2.25. The monoisotopic (exact) mass is 248 g/mol. The molecule has 84 valence electrons. The van der Waals surface area contributed by atoms with Crippen molar-refractivity contribution in [3.8, 4) is 0 Å². The van der Waals surface area contributed by atoms with Crippen LogP contribution >= 0.6 is 23.5 Å². The highest BCUT2D eigenvalue weighted by Crippen LogP contribution is 2.35. The van der Waals surface area contributed by atoms with Crippen LogP contribution in [-0.2, 0) is 9.53 Å². The lowest BCUT2D eigenvalue weighted by Crippen LogP contribution is -2.40. The summed E-state index contributed by atoms with van der Waals surface area (Å²) < 4.78 is 40.6. The lowest BCUT2D eigenvalue weighted by atomic mass is 10.4. The van der Waals surface area contributed by atoms with Gasteiger partial charge >= 0.3 is 12.1 Å². The fraction of sp³-hybridized carbons (Fsp3) is 0.857. The fourth-order valence-electron chi connectivity index (χ4n) is 0.799. The average Bonchev–Trinajstić information content (AvgIpc) is 2.02. The van der Waals surface area contributed by atoms with Gasteiger partial charge in [0.2, 0.25) is 6.10 Å². The molecule has 7 heteroatoms. The predicted molar refractivity (Wildman–Crippen MR) is 52.4 cm³/mol. The van der Waals surface area contributed by atoms with Crippen LogP contribution in [0.2, 0.25) is 0 Å². The van der Waals surface area contributed by atoms with Gasteiger partial charge in [-0.3, -0.25) is 4.79 Å². The lowest BCUT2D eigenvalue weighted by molar-refractivity contribution is -0.215. The van der Waals surface area contributed by atoms with Crippen LogP contribution in [0.3, 0.4) is 0 Å². The molecule has 0 radical (unpaired) electrons. The van der Waals surface area contributed by atoms with Gasteiger partial charge in [-0.25, -0.2) is 0 Å². The Labute approximate surface area is 88.9 Å². The fourth-order valence-corrected chi connectivity index (χ4v) is 2.48. The molecule has 0 heterocycles. The number of halogens is 3. The molecular weight excluding hydrogens is 237 g/mol. The van der Waals surface area contributed by atoms with E-state index in [0.29, 0.717) is 0 Å². The molecule has 0 aromatic rings. The van der Waals surface area contributed by atoms with Crippen molar-refractivity contribution in [1.29, 1.82) is 0 Å². The Kier molecular flexibility index (Phi) is 5.73. The summed E-state index contributed by atoms with van der Waals surface area (Å²) in [6.45, 7) is 0.969. The quantitative estimate of drug-likeness (QED) is 0.564. The molecule has 0 bridgehead atoms. The number of rotatable bonds is 4. The van der Waals surface area contributed by atoms with Gasteiger partial charge in [0.15, 0.2) is 0 Å². The molecule has 0 rings (SSSR count). The van der Waals surface area contributed by atoms with Crippen molar-refractivity contribution in [1.82, 2.24) is 0 Å². The molecule has 0 aliphatic carbocycles. The zero-order chi connectivity index (χ0) is 11.4. The van der Waals surface area contributed by atoms with Gasteiger partial charge < -0.3 is 4.74 Å². The second kappa shape index (κ2) is 5.75. The zero-order valence-electron chi connectivity index (χ0n) is 7.92. The number of hydrogen-bond donors (Lipinski definition) is 0. The van der Waals surface area contributed by atoms with Gasteiger partial charge in [-0.2, -0.15) is 13.2 Å². The van der Waals surface area contributed by atoms with E-state index >= 15 is 0 Å². The number of ether oxygens (including phenoxy) is 1. The van der Waals surface area contributed by atoms with Crippen molar-refractivity contribution >= 4 is 29.5 Å². The summed E-state index contributed by atoms with van der Waals surface area (Å²) >= 11 is 2.03. The molecule has 1 unspecified atom stereocenters. The summed E-state index contributed by atoms with van der Waals surface area (Å²) in [6.07, 6.45) is -3.46. The largest absolute Gasteiger partial charge is 0.451 e. The first kappa shape index (κ1) is 14.0. The molecule has 0 N–H and O–H groups in total. The van der Waals surface area contributed by atoms with E-state index in [2.05, 4.69) is 4.74 Å². The summed E-state index contributed by atoms with van der Waals surface area (Å²) in [7, 11) is 0. The third-order valence-electron chi connectivity index (χ3n) is 1.33. The predicted octanol–water partition coefficient (Wildman–Crippen LogP) is 2.53. The Morgan fingerprint density at radius 1 is 1.29 bits per heavy atom. The van der Waals surface area contributed by atoms with Crippen molar-refractivity contribution in [2.75, 3.05) is 12.5 Å². The minimum Gasteiger partial charge on any atom is -0.451 e. The third kappa shape index (κ3) is 4.45. The first-order chi connectivity index (χ1) is 6.32. The van der Waals surface area contributed by atoms with Gasteiger partial charge in [-0.05, 0) is 12.5 Å². The number of esters is 1. The molecule has 0 amide bonds. The molecule has 0 saturated heterocycles. The summed E-state index contributed by atoms with van der Waals surface area (Å²) in [4.78, 5) is 10.5. The maximum atomic E-state index is 12.4. The topological polar surface area (TPSA) is 26.3 Å². The van der Waals surface area contributed by atoms with Gasteiger partial charge in [0.25, 0.3) is 0 Å². The molecule has 14 heavy (non-hydrogen) atoms. The van der Waals surface area contributed by atoms with Crippen molar-refractivity contribution < 1.29 is 22.7 Å². The number of hydrogen-bond acceptors (Lipinski definition) is 4. The first-order valence-electron chi connectivity index (χ1n) is 3.62. The smallest absolute Gasteiger partial charge is 0.427 e. The maximum Gasteiger partial charge on any atom is 0.427 e. The van der Waals surface area contributed by atoms with Crippen molar-refractivity contribution in [3.63, 3.8) is 0 Å². The molecule has 0 fully saturated rings. The van der Waals surface area contributed by atoms with Crippen molar-refractivity contribution in [2.24, 2.45) is 0 Å². The van der Waals surface area contributed by atoms with Crippen LogP contribution in [-0.4, -0.2) is 35.3 Å². The second-order valence-electron chi connectivity index (χ2n) is 2.41. The number of carbonyl (C=O) groups is 1. The van der Waals surface area contributed by atoms with E-state index in [1.54, 1.807) is 12.5 Å². The van der Waals surface area contributed by atoms with Crippen LogP contribution < -0.4 is 0 Å². The molecule has 0 aromatic carbocycles. The average molecular weight is 248 g/mol. The standard InChI is InChI=1S/C7H11F3O2S2/c1-4(11)12-5(7(8,9)10)6(13-2)14-3/h5-6H,1-3H3. The van der Waals surface area contributed by atoms with Gasteiger partial charge in [0.1, 0.15) is 0 Å². The number of carbonyl (C=O) groups excluding carboxylic acids is 1. The Bertz CT molecular complexity index is 192. The Hall–Kier alpha value is -0.0400. The SMILES string of the molecule is CSC(SC)C(OC(C)=O)C(F)(F)F. The van der Waals surface area contributed by atoms with E-state index in [-0.39, 0.29) is 0 Å². The zero-order valence-corrected chi connectivity index (χ0v) is 9.55. The molecule has 1 atom stereocenters. The van der Waals surface area contributed by atoms with E-state index < -0.39 is 22.8 Å². The first-order valence-corrected chi connectivity index (χ1v) is 6.20. The minimum atomic E-state index is -4.51. The summed E-state index contributed by atoms with van der Waals surface area (Å²) in [5.41, 5.74) is 0. The Balaban J connectivity index is 4.61. The highest BCUT2D eigenvalue weighted by molar-refractivity contribution is 8.16. The van der Waals surface area contributed by atoms with Crippen LogP contribution in [0.15, 0.2) is 0 Å². The molecule has 0 aliphatic rings. The van der Waals surface area contributed by atoms with Crippen molar-refractivity contribution in [2.45, 2.75) is 23.8 Å². The normalized spacial score (nSPS) is 14.2. The minimum absolute atomic E-state index is 0.820. The summed E-state index contributed by atoms with van der Waals surface area (Å²) in [5, 5.41) is 0. The van der Waals surface area contributed by atoms with Gasteiger partial charge in [0, 0.05) is 6.92 Å². The molecule has 2 nitrogen and oxygen atoms in total. The van der Waals surface area contributed by atoms with Crippen LogP contribution in [0.5, 0.6) is 0 Å². The van der Waals surface area contributed by atoms with Crippen LogP contribution in [0.1, 0.15) is 6.92 Å². The van der Waals surface area contributed by atoms with E-state index in [1.807, 2.05) is 0 Å². The Morgan fingerprint density at radius 2 is 1.71 bits per heavy atom. The molecule has 0 aromatic heterocycles.